The van der Waals surface area contributed by atoms with Gasteiger partial charge in [-0.05, 0) is 37.5 Å². The second kappa shape index (κ2) is 13.0. The van der Waals surface area contributed by atoms with E-state index in [2.05, 4.69) is 25.1 Å². The number of thioether (sulfide) groups is 2. The number of nitrogens with zero attached hydrogens (tertiary/aromatic N) is 1. The first kappa shape index (κ1) is 23.7. The van der Waals surface area contributed by atoms with Gasteiger partial charge in [-0.15, -0.1) is 23.5 Å². The van der Waals surface area contributed by atoms with E-state index in [1.165, 1.54) is 0 Å². The monoisotopic (exact) mass is 420 g/mol. The number of nitrogens with two attached hydrogens (primary N) is 1. The molecule has 2 N–H and O–H groups in total. The highest BCUT2D eigenvalue weighted by molar-refractivity contribution is 8.47. The highest BCUT2D eigenvalue weighted by atomic mass is 32.2. The summed E-state index contributed by atoms with van der Waals surface area (Å²) in [6.07, 6.45) is 7.08. The van der Waals surface area contributed by atoms with Crippen molar-refractivity contribution >= 4 is 45.2 Å². The maximum atomic E-state index is 11.5. The number of allylic oxidation sites excluding steroid dienone is 1. The molecular weight excluding hydrogens is 392 g/mol. The minimum absolute atomic E-state index is 0.0466. The van der Waals surface area contributed by atoms with Crippen molar-refractivity contribution in [2.75, 3.05) is 11.5 Å². The van der Waals surface area contributed by atoms with Crippen LogP contribution in [0.3, 0.4) is 0 Å². The van der Waals surface area contributed by atoms with Crippen molar-refractivity contribution in [3.63, 3.8) is 0 Å². The van der Waals surface area contributed by atoms with Crippen molar-refractivity contribution in [1.82, 2.24) is 0 Å². The lowest BCUT2D eigenvalue weighted by Crippen LogP contribution is -2.30. The summed E-state index contributed by atoms with van der Waals surface area (Å²) in [4.78, 5) is 11.5. The number of hydrogen-bond donors (Lipinski definition) is 1. The Morgan fingerprint density at radius 1 is 1.33 bits per heavy atom. The van der Waals surface area contributed by atoms with Crippen LogP contribution in [0.25, 0.3) is 0 Å². The molecule has 0 aliphatic carbocycles. The van der Waals surface area contributed by atoms with E-state index < -0.39 is 11.3 Å². The molecule has 2 unspecified atom stereocenters. The normalized spacial score (nSPS) is 14.4. The van der Waals surface area contributed by atoms with Crippen LogP contribution in [0.1, 0.15) is 51.0 Å². The molecule has 0 aliphatic heterocycles. The molecule has 0 radical (unpaired) electrons. The Kier molecular flexibility index (Phi) is 11.4. The first-order valence-electron chi connectivity index (χ1n) is 9.12. The fourth-order valence-electron chi connectivity index (χ4n) is 2.93. The molecule has 0 bridgehead atoms. The summed E-state index contributed by atoms with van der Waals surface area (Å²) in [7, 11) is 0. The smallest absolute Gasteiger partial charge is 0.219 e. The Balaban J connectivity index is 2.68. The SMILES string of the molecule is CCCSC(=S)SC/C=C/CCC(c1ccccc1)C(C)(C#N)CC(N)=O. The van der Waals surface area contributed by atoms with Crippen molar-refractivity contribution < 1.29 is 4.79 Å². The summed E-state index contributed by atoms with van der Waals surface area (Å²) in [5.41, 5.74) is 5.67. The van der Waals surface area contributed by atoms with E-state index in [0.29, 0.717) is 0 Å². The molecule has 0 fully saturated rings. The third kappa shape index (κ3) is 8.96. The predicted molar refractivity (Wildman–Crippen MR) is 123 cm³/mol. The number of hydrogen-bond acceptors (Lipinski definition) is 5. The third-order valence-corrected chi connectivity index (χ3v) is 7.14. The molecule has 1 aromatic carbocycles. The lowest BCUT2D eigenvalue weighted by molar-refractivity contribution is -0.119. The summed E-state index contributed by atoms with van der Waals surface area (Å²) < 4.78 is 0.988. The molecule has 1 amide bonds. The largest absolute Gasteiger partial charge is 0.370 e. The molecular formula is C21H28N2OS3. The van der Waals surface area contributed by atoms with Gasteiger partial charge < -0.3 is 5.73 Å². The highest BCUT2D eigenvalue weighted by Crippen LogP contribution is 2.41. The van der Waals surface area contributed by atoms with E-state index in [4.69, 9.17) is 18.0 Å². The molecule has 1 aromatic rings. The van der Waals surface area contributed by atoms with Gasteiger partial charge >= 0.3 is 0 Å². The quantitative estimate of drug-likeness (QED) is 0.369. The van der Waals surface area contributed by atoms with Crippen LogP contribution in [0.4, 0.5) is 0 Å². The first-order chi connectivity index (χ1) is 12.9. The Morgan fingerprint density at radius 3 is 2.63 bits per heavy atom. The van der Waals surface area contributed by atoms with E-state index in [-0.39, 0.29) is 12.3 Å². The predicted octanol–water partition coefficient (Wildman–Crippen LogP) is 5.67. The van der Waals surface area contributed by atoms with Crippen LogP contribution in [0, 0.1) is 16.7 Å². The maximum absolute atomic E-state index is 11.5. The van der Waals surface area contributed by atoms with Gasteiger partial charge in [0.1, 0.15) is 3.53 Å². The molecule has 3 nitrogen and oxygen atoms in total. The average Bonchev–Trinajstić information content (AvgIpc) is 2.65. The second-order valence-electron chi connectivity index (χ2n) is 6.59. The molecule has 2 atom stereocenters. The molecule has 0 saturated carbocycles. The minimum Gasteiger partial charge on any atom is -0.370 e. The Labute approximate surface area is 177 Å². The molecule has 0 heterocycles. The van der Waals surface area contributed by atoms with Gasteiger partial charge in [-0.2, -0.15) is 5.26 Å². The lowest BCUT2D eigenvalue weighted by Gasteiger charge is -2.31. The number of nitriles is 1. The van der Waals surface area contributed by atoms with Gasteiger partial charge in [-0.25, -0.2) is 0 Å². The number of thiocarbonyl (C=S) groups is 1. The zero-order valence-electron chi connectivity index (χ0n) is 16.0. The summed E-state index contributed by atoms with van der Waals surface area (Å²) >= 11 is 8.74. The maximum Gasteiger partial charge on any atom is 0.219 e. The number of amides is 1. The van der Waals surface area contributed by atoms with Crippen molar-refractivity contribution in [2.45, 2.75) is 45.4 Å². The van der Waals surface area contributed by atoms with Gasteiger partial charge in [0, 0.05) is 18.1 Å². The molecule has 146 valence electrons. The number of primary amides is 1. The zero-order valence-corrected chi connectivity index (χ0v) is 18.5. The van der Waals surface area contributed by atoms with Crippen LogP contribution >= 0.6 is 35.7 Å². The average molecular weight is 421 g/mol. The standard InChI is InChI=1S/C21H28N2OS3/c1-3-13-26-20(25)27-14-9-5-8-12-18(17-10-6-4-7-11-17)21(2,16-22)15-19(23)24/h4-7,9-11,18H,3,8,12-15H2,1-2H3,(H2,23,24)/b9-5+. The molecule has 1 rings (SSSR count). The minimum atomic E-state index is -0.811. The number of carbonyl (C=O) groups excluding carboxylic acids is 1. The van der Waals surface area contributed by atoms with Crippen LogP contribution in [0.15, 0.2) is 42.5 Å². The Bertz CT molecular complexity index is 670. The number of benzene rings is 1. The molecule has 6 heteroatoms. The van der Waals surface area contributed by atoms with Crippen LogP contribution in [0.5, 0.6) is 0 Å². The molecule has 27 heavy (non-hydrogen) atoms. The van der Waals surface area contributed by atoms with E-state index in [1.807, 2.05) is 37.3 Å². The Morgan fingerprint density at radius 2 is 2.04 bits per heavy atom. The van der Waals surface area contributed by atoms with Crippen molar-refractivity contribution in [1.29, 1.82) is 5.26 Å². The van der Waals surface area contributed by atoms with E-state index in [0.717, 1.165) is 39.9 Å². The van der Waals surface area contributed by atoms with E-state index >= 15 is 0 Å². The Hall–Kier alpha value is -1.29. The fraction of sp³-hybridized carbons (Fsp3) is 0.476. The third-order valence-electron chi connectivity index (χ3n) is 4.28. The van der Waals surface area contributed by atoms with Gasteiger partial charge in [-0.3, -0.25) is 4.79 Å². The van der Waals surface area contributed by atoms with Crippen molar-refractivity contribution in [3.05, 3.63) is 48.0 Å². The molecule has 0 aromatic heterocycles. The highest BCUT2D eigenvalue weighted by Gasteiger charge is 2.36. The van der Waals surface area contributed by atoms with Gasteiger partial charge in [0.15, 0.2) is 0 Å². The van der Waals surface area contributed by atoms with Crippen molar-refractivity contribution in [2.24, 2.45) is 11.1 Å². The first-order valence-corrected chi connectivity index (χ1v) is 11.5. The summed E-state index contributed by atoms with van der Waals surface area (Å²) in [5, 5.41) is 9.74. The van der Waals surface area contributed by atoms with Crippen LogP contribution in [-0.2, 0) is 4.79 Å². The number of carbonyl (C=O) groups is 1. The van der Waals surface area contributed by atoms with Crippen LogP contribution < -0.4 is 5.73 Å². The van der Waals surface area contributed by atoms with Gasteiger partial charge in [0.2, 0.25) is 5.91 Å². The fourth-order valence-corrected chi connectivity index (χ4v) is 4.91. The summed E-state index contributed by atoms with van der Waals surface area (Å²) in [6.45, 7) is 3.98. The summed E-state index contributed by atoms with van der Waals surface area (Å²) in [6, 6.07) is 12.3. The van der Waals surface area contributed by atoms with Crippen LogP contribution in [-0.4, -0.2) is 20.9 Å². The second-order valence-corrected chi connectivity index (χ2v) is 9.91. The zero-order chi connectivity index (χ0) is 20.1. The molecule has 0 saturated heterocycles. The van der Waals surface area contributed by atoms with Gasteiger partial charge in [-0.1, -0.05) is 61.6 Å². The van der Waals surface area contributed by atoms with Gasteiger partial charge in [0.25, 0.3) is 0 Å². The van der Waals surface area contributed by atoms with Crippen LogP contribution in [0.2, 0.25) is 0 Å². The lowest BCUT2D eigenvalue weighted by atomic mass is 9.70. The van der Waals surface area contributed by atoms with Gasteiger partial charge in [0.05, 0.1) is 11.5 Å². The number of rotatable bonds is 11. The molecule has 0 aliphatic rings. The topological polar surface area (TPSA) is 66.9 Å². The summed E-state index contributed by atoms with van der Waals surface area (Å²) in [5.74, 6) is 1.45. The van der Waals surface area contributed by atoms with E-state index in [9.17, 15) is 10.1 Å². The van der Waals surface area contributed by atoms with E-state index in [1.54, 1.807) is 23.5 Å². The molecule has 0 spiro atoms. The van der Waals surface area contributed by atoms with Crippen molar-refractivity contribution in [3.8, 4) is 6.07 Å².